The molecule has 0 atom stereocenters. The Balaban J connectivity index is 2.68. The van der Waals surface area contributed by atoms with Crippen molar-refractivity contribution in [3.05, 3.63) is 5.82 Å². The van der Waals surface area contributed by atoms with Crippen molar-refractivity contribution in [3.8, 4) is 6.08 Å². The van der Waals surface area contributed by atoms with E-state index < -0.39 is 0 Å². The van der Waals surface area contributed by atoms with Gasteiger partial charge in [0.15, 0.2) is 0 Å². The fraction of sp³-hybridized carbons (Fsp3) is 0.500. The highest BCUT2D eigenvalue weighted by Crippen LogP contribution is 2.04. The number of hydrogen-bond acceptors (Lipinski definition) is 6. The molecule has 12 heavy (non-hydrogen) atoms. The molecule has 1 rings (SSSR count). The maximum Gasteiger partial charge on any atom is 0.417 e. The predicted molar refractivity (Wildman–Crippen MR) is 39.1 cm³/mol. The summed E-state index contributed by atoms with van der Waals surface area (Å²) in [7, 11) is 3.05. The van der Waals surface area contributed by atoms with Crippen LogP contribution in [-0.2, 0) is 0 Å². The maximum atomic E-state index is 11.1. The van der Waals surface area contributed by atoms with E-state index in [1.807, 2.05) is 0 Å². The van der Waals surface area contributed by atoms with Crippen molar-refractivity contribution in [2.45, 2.75) is 0 Å². The van der Waals surface area contributed by atoms with Gasteiger partial charge in [0.05, 0.1) is 13.7 Å². The lowest BCUT2D eigenvalue weighted by atomic mass is 10.4. The molecule has 0 spiro atoms. The van der Waals surface area contributed by atoms with Crippen LogP contribution in [0.3, 0.4) is 0 Å². The van der Waals surface area contributed by atoms with Gasteiger partial charge >= 0.3 is 6.08 Å². The zero-order valence-corrected chi connectivity index (χ0v) is 6.83. The van der Waals surface area contributed by atoms with Gasteiger partial charge in [-0.2, -0.15) is 0 Å². The summed E-state index contributed by atoms with van der Waals surface area (Å²) in [5.74, 6) is -0.203. The quantitative estimate of drug-likeness (QED) is 0.614. The molecule has 0 saturated carbocycles. The van der Waals surface area contributed by atoms with E-state index in [1.54, 1.807) is 7.05 Å². The average Bonchev–Trinajstić information content (AvgIpc) is 2.52. The van der Waals surface area contributed by atoms with Crippen LogP contribution in [0.5, 0.6) is 6.08 Å². The van der Waals surface area contributed by atoms with Gasteiger partial charge in [-0.05, 0) is 12.2 Å². The molecule has 0 bridgehead atoms. The van der Waals surface area contributed by atoms with Gasteiger partial charge in [-0.1, -0.05) is 0 Å². The average molecular weight is 171 g/mol. The first-order valence-corrected chi connectivity index (χ1v) is 3.33. The van der Waals surface area contributed by atoms with Crippen LogP contribution in [0.1, 0.15) is 10.6 Å². The van der Waals surface area contributed by atoms with E-state index in [9.17, 15) is 4.79 Å². The van der Waals surface area contributed by atoms with Crippen LogP contribution in [0, 0.1) is 0 Å². The molecular weight excluding hydrogens is 162 g/mol. The van der Waals surface area contributed by atoms with Crippen molar-refractivity contribution in [2.75, 3.05) is 20.7 Å². The van der Waals surface area contributed by atoms with Gasteiger partial charge in [-0.25, -0.2) is 0 Å². The van der Waals surface area contributed by atoms with E-state index in [4.69, 9.17) is 0 Å². The molecule has 1 aromatic heterocycles. The molecule has 1 aromatic rings. The number of likely N-dealkylation sites (N-methyl/N-ethyl adjacent to an activating group) is 1. The van der Waals surface area contributed by atoms with E-state index in [0.29, 0.717) is 0 Å². The zero-order valence-electron chi connectivity index (χ0n) is 6.83. The highest BCUT2D eigenvalue weighted by molar-refractivity contribution is 5.93. The number of rotatable bonds is 4. The molecule has 1 N–H and O–H groups in total. The lowest BCUT2D eigenvalue weighted by Gasteiger charge is -1.90. The highest BCUT2D eigenvalue weighted by Gasteiger charge is 2.13. The molecule has 66 valence electrons. The van der Waals surface area contributed by atoms with Crippen LogP contribution in [-0.4, -0.2) is 36.6 Å². The van der Waals surface area contributed by atoms with E-state index in [-0.39, 0.29) is 24.2 Å². The lowest BCUT2D eigenvalue weighted by Crippen LogP contribution is -2.19. The molecule has 0 radical (unpaired) electrons. The normalized spacial score (nSPS) is 9.83. The maximum absolute atomic E-state index is 11.1. The van der Waals surface area contributed by atoms with Gasteiger partial charge in [-0.3, -0.25) is 9.32 Å². The first-order valence-electron chi connectivity index (χ1n) is 3.33. The summed E-state index contributed by atoms with van der Waals surface area (Å²) in [6.45, 7) is 0.183. The molecular formula is C6H9N3O3. The number of ketones is 1. The van der Waals surface area contributed by atoms with Gasteiger partial charge < -0.3 is 10.1 Å². The third-order valence-electron chi connectivity index (χ3n) is 1.17. The molecule has 0 aliphatic rings. The lowest BCUT2D eigenvalue weighted by molar-refractivity contribution is 0.0981. The number of nitrogens with one attached hydrogen (secondary N) is 1. The number of carbonyl (C=O) groups excluding carboxylic acids is 1. The van der Waals surface area contributed by atoms with E-state index in [1.165, 1.54) is 7.11 Å². The van der Waals surface area contributed by atoms with Crippen molar-refractivity contribution >= 4 is 5.78 Å². The Labute approximate surface area is 68.9 Å². The number of Topliss-reactive ketones (excluding diaryl/α,β-unsaturated/α-hetero) is 1. The Morgan fingerprint density at radius 3 is 3.00 bits per heavy atom. The molecule has 6 heteroatoms. The Morgan fingerprint density at radius 2 is 2.50 bits per heavy atom. The number of ether oxygens (including phenoxy) is 1. The second-order valence-electron chi connectivity index (χ2n) is 2.04. The Morgan fingerprint density at radius 1 is 1.75 bits per heavy atom. The number of carbonyl (C=O) groups is 1. The third kappa shape index (κ3) is 1.79. The Hall–Kier alpha value is -1.43. The molecule has 0 aromatic carbocycles. The summed E-state index contributed by atoms with van der Waals surface area (Å²) >= 11 is 0. The number of nitrogens with zero attached hydrogens (tertiary/aromatic N) is 2. The van der Waals surface area contributed by atoms with Crippen LogP contribution < -0.4 is 10.1 Å². The Bertz CT molecular complexity index is 271. The smallest absolute Gasteiger partial charge is 0.417 e. The van der Waals surface area contributed by atoms with E-state index in [0.717, 1.165) is 0 Å². The van der Waals surface area contributed by atoms with E-state index >= 15 is 0 Å². The summed E-state index contributed by atoms with van der Waals surface area (Å²) in [4.78, 5) is 14.7. The largest absolute Gasteiger partial charge is 0.452 e. The van der Waals surface area contributed by atoms with Crippen LogP contribution in [0.2, 0.25) is 0 Å². The Kier molecular flexibility index (Phi) is 2.76. The van der Waals surface area contributed by atoms with Crippen LogP contribution in [0.4, 0.5) is 0 Å². The van der Waals surface area contributed by atoms with E-state index in [2.05, 4.69) is 24.7 Å². The second-order valence-corrected chi connectivity index (χ2v) is 2.04. The zero-order chi connectivity index (χ0) is 8.97. The number of hydrogen-bond donors (Lipinski definition) is 1. The fourth-order valence-corrected chi connectivity index (χ4v) is 0.645. The SMILES string of the molecule is CNCC(=O)c1noc(OC)n1. The minimum Gasteiger partial charge on any atom is -0.452 e. The first kappa shape index (κ1) is 8.66. The summed E-state index contributed by atoms with van der Waals surface area (Å²) < 4.78 is 9.16. The van der Waals surface area contributed by atoms with Gasteiger partial charge in [0.1, 0.15) is 0 Å². The molecule has 0 unspecified atom stereocenters. The van der Waals surface area contributed by atoms with Crippen LogP contribution in [0.25, 0.3) is 0 Å². The molecule has 0 saturated heterocycles. The molecule has 0 aliphatic heterocycles. The van der Waals surface area contributed by atoms with Crippen LogP contribution in [0.15, 0.2) is 4.52 Å². The van der Waals surface area contributed by atoms with Crippen molar-refractivity contribution in [1.82, 2.24) is 15.5 Å². The molecule has 0 fully saturated rings. The molecule has 0 aliphatic carbocycles. The molecule has 6 nitrogen and oxygen atoms in total. The van der Waals surface area contributed by atoms with Crippen molar-refractivity contribution in [2.24, 2.45) is 0 Å². The topological polar surface area (TPSA) is 77.2 Å². The van der Waals surface area contributed by atoms with Crippen molar-refractivity contribution in [1.29, 1.82) is 0 Å². The highest BCUT2D eigenvalue weighted by atomic mass is 16.6. The minimum atomic E-state index is -0.232. The van der Waals surface area contributed by atoms with Crippen molar-refractivity contribution < 1.29 is 14.1 Å². The van der Waals surface area contributed by atoms with Gasteiger partial charge in [-0.15, -0.1) is 4.98 Å². The summed E-state index contributed by atoms with van der Waals surface area (Å²) in [5.41, 5.74) is 0. The standard InChI is InChI=1S/C6H9N3O3/c1-7-3-4(10)5-8-6(11-2)12-9-5/h7H,3H2,1-2H3. The third-order valence-corrected chi connectivity index (χ3v) is 1.17. The van der Waals surface area contributed by atoms with Gasteiger partial charge in [0.25, 0.3) is 0 Å². The second kappa shape index (κ2) is 3.82. The van der Waals surface area contributed by atoms with Gasteiger partial charge in [0.2, 0.25) is 11.6 Å². The summed E-state index contributed by atoms with van der Waals surface area (Å²) in [5, 5.41) is 6.09. The number of methoxy groups -OCH3 is 1. The van der Waals surface area contributed by atoms with Crippen molar-refractivity contribution in [3.63, 3.8) is 0 Å². The molecule has 0 amide bonds. The molecule has 1 heterocycles. The summed E-state index contributed by atoms with van der Waals surface area (Å²) in [6.07, 6.45) is -0.00514. The summed E-state index contributed by atoms with van der Waals surface area (Å²) in [6, 6.07) is 0. The van der Waals surface area contributed by atoms with Crippen LogP contribution >= 0.6 is 0 Å². The predicted octanol–water partition coefficient (Wildman–Crippen LogP) is -0.520. The monoisotopic (exact) mass is 171 g/mol. The minimum absolute atomic E-state index is 0.00514. The van der Waals surface area contributed by atoms with Gasteiger partial charge in [0, 0.05) is 0 Å². The number of aromatic nitrogens is 2. The fourth-order valence-electron chi connectivity index (χ4n) is 0.645. The first-order chi connectivity index (χ1) is 5.77.